The number of halogens is 3. The van der Waals surface area contributed by atoms with E-state index in [1.165, 1.54) is 12.1 Å². The first-order valence-corrected chi connectivity index (χ1v) is 6.50. The van der Waals surface area contributed by atoms with E-state index in [1.54, 1.807) is 30.3 Å². The van der Waals surface area contributed by atoms with Crippen LogP contribution in [0.4, 0.5) is 10.1 Å². The molecule has 3 nitrogen and oxygen atoms in total. The molecule has 3 N–H and O–H groups in total. The van der Waals surface area contributed by atoms with Gasteiger partial charge in [0.15, 0.2) is 0 Å². The summed E-state index contributed by atoms with van der Waals surface area (Å²) in [4.78, 5) is 11.6. The first-order chi connectivity index (χ1) is 9.50. The van der Waals surface area contributed by atoms with Gasteiger partial charge in [0.1, 0.15) is 11.9 Å². The minimum absolute atomic E-state index is 0.0740. The van der Waals surface area contributed by atoms with Crippen LogP contribution in [0.25, 0.3) is 0 Å². The number of nitrogens with two attached hydrogens (primary N) is 1. The van der Waals surface area contributed by atoms with Crippen molar-refractivity contribution in [2.45, 2.75) is 6.04 Å². The molecule has 0 bridgehead atoms. The van der Waals surface area contributed by atoms with Gasteiger partial charge in [0, 0.05) is 5.56 Å². The Labute approximate surface area is 125 Å². The molecule has 0 fully saturated rings. The van der Waals surface area contributed by atoms with Crippen molar-refractivity contribution in [3.63, 3.8) is 0 Å². The average molecular weight is 313 g/mol. The molecule has 2 aromatic carbocycles. The minimum Gasteiger partial charge on any atom is -0.369 e. The summed E-state index contributed by atoms with van der Waals surface area (Å²) in [6, 6.07) is 10.1. The highest BCUT2D eigenvalue weighted by Crippen LogP contribution is 2.29. The molecule has 0 aliphatic rings. The zero-order valence-corrected chi connectivity index (χ0v) is 11.8. The quantitative estimate of drug-likeness (QED) is 0.903. The van der Waals surface area contributed by atoms with Crippen molar-refractivity contribution in [1.29, 1.82) is 0 Å². The van der Waals surface area contributed by atoms with Crippen molar-refractivity contribution in [1.82, 2.24) is 0 Å². The van der Waals surface area contributed by atoms with Crippen molar-refractivity contribution >= 4 is 34.8 Å². The van der Waals surface area contributed by atoms with Gasteiger partial charge in [-0.15, -0.1) is 0 Å². The number of para-hydroxylation sites is 1. The Morgan fingerprint density at radius 1 is 1.10 bits per heavy atom. The van der Waals surface area contributed by atoms with Crippen LogP contribution in [0.3, 0.4) is 0 Å². The van der Waals surface area contributed by atoms with Crippen molar-refractivity contribution in [2.75, 3.05) is 5.32 Å². The monoisotopic (exact) mass is 312 g/mol. The molecule has 2 rings (SSSR count). The van der Waals surface area contributed by atoms with Crippen molar-refractivity contribution in [3.8, 4) is 0 Å². The van der Waals surface area contributed by atoms with Gasteiger partial charge in [-0.05, 0) is 18.2 Å². The Hall–Kier alpha value is -1.78. The van der Waals surface area contributed by atoms with E-state index in [4.69, 9.17) is 28.9 Å². The number of hydrogen-bond acceptors (Lipinski definition) is 2. The van der Waals surface area contributed by atoms with Crippen molar-refractivity contribution in [2.24, 2.45) is 5.73 Å². The second kappa shape index (κ2) is 6.11. The molecule has 0 saturated carbocycles. The molecule has 0 saturated heterocycles. The Morgan fingerprint density at radius 2 is 1.75 bits per heavy atom. The normalized spacial score (nSPS) is 11.9. The molecule has 20 heavy (non-hydrogen) atoms. The third kappa shape index (κ3) is 3.03. The Bertz CT molecular complexity index is 649. The van der Waals surface area contributed by atoms with Crippen molar-refractivity contribution in [3.05, 3.63) is 63.9 Å². The second-order valence-corrected chi connectivity index (χ2v) is 4.92. The van der Waals surface area contributed by atoms with Crippen LogP contribution in [0.5, 0.6) is 0 Å². The zero-order chi connectivity index (χ0) is 14.7. The summed E-state index contributed by atoms with van der Waals surface area (Å²) < 4.78 is 14.0. The van der Waals surface area contributed by atoms with E-state index in [0.29, 0.717) is 10.7 Å². The van der Waals surface area contributed by atoms with E-state index in [-0.39, 0.29) is 10.6 Å². The molecule has 0 aliphatic heterocycles. The van der Waals surface area contributed by atoms with Gasteiger partial charge in [-0.3, -0.25) is 4.79 Å². The summed E-state index contributed by atoms with van der Waals surface area (Å²) in [7, 11) is 0. The second-order valence-electron chi connectivity index (χ2n) is 4.10. The van der Waals surface area contributed by atoms with Gasteiger partial charge in [0.05, 0.1) is 15.7 Å². The number of anilines is 1. The van der Waals surface area contributed by atoms with Gasteiger partial charge in [-0.2, -0.15) is 0 Å². The lowest BCUT2D eigenvalue weighted by Gasteiger charge is -2.19. The van der Waals surface area contributed by atoms with Crippen LogP contribution in [0.1, 0.15) is 11.6 Å². The van der Waals surface area contributed by atoms with Crippen LogP contribution < -0.4 is 11.1 Å². The number of carbonyl (C=O) groups is 1. The first kappa shape index (κ1) is 14.6. The highest BCUT2D eigenvalue weighted by atomic mass is 35.5. The number of primary amides is 1. The highest BCUT2D eigenvalue weighted by Gasteiger charge is 2.23. The van der Waals surface area contributed by atoms with E-state index in [2.05, 4.69) is 5.32 Å². The van der Waals surface area contributed by atoms with E-state index in [0.717, 1.165) is 0 Å². The molecule has 6 heteroatoms. The van der Waals surface area contributed by atoms with Gasteiger partial charge in [-0.25, -0.2) is 4.39 Å². The number of rotatable bonds is 4. The van der Waals surface area contributed by atoms with Crippen molar-refractivity contribution < 1.29 is 9.18 Å². The summed E-state index contributed by atoms with van der Waals surface area (Å²) in [5.74, 6) is -1.41. The Morgan fingerprint density at radius 3 is 2.40 bits per heavy atom. The molecule has 1 amide bonds. The van der Waals surface area contributed by atoms with Gasteiger partial charge >= 0.3 is 0 Å². The molecule has 0 radical (unpaired) electrons. The molecular weight excluding hydrogens is 302 g/mol. The van der Waals surface area contributed by atoms with Gasteiger partial charge in [0.2, 0.25) is 5.91 Å². The summed E-state index contributed by atoms with van der Waals surface area (Å²) in [6.07, 6.45) is 0. The SMILES string of the molecule is NC(=O)C(Nc1ccccc1Cl)c1cccc(Cl)c1F. The number of benzene rings is 2. The molecule has 0 aromatic heterocycles. The lowest BCUT2D eigenvalue weighted by molar-refractivity contribution is -0.118. The summed E-state index contributed by atoms with van der Waals surface area (Å²) in [6.45, 7) is 0. The van der Waals surface area contributed by atoms with E-state index >= 15 is 0 Å². The van der Waals surface area contributed by atoms with Crippen LogP contribution in [0, 0.1) is 5.82 Å². The fraction of sp³-hybridized carbons (Fsp3) is 0.0714. The summed E-state index contributed by atoms with van der Waals surface area (Å²) in [5.41, 5.74) is 5.89. The highest BCUT2D eigenvalue weighted by molar-refractivity contribution is 6.33. The summed E-state index contributed by atoms with van der Waals surface area (Å²) >= 11 is 11.7. The molecule has 1 unspecified atom stereocenters. The lowest BCUT2D eigenvalue weighted by Crippen LogP contribution is -2.28. The lowest BCUT2D eigenvalue weighted by atomic mass is 10.1. The van der Waals surface area contributed by atoms with E-state index < -0.39 is 17.8 Å². The van der Waals surface area contributed by atoms with Crippen LogP contribution in [0.2, 0.25) is 10.0 Å². The van der Waals surface area contributed by atoms with Crippen LogP contribution in [-0.4, -0.2) is 5.91 Å². The molecule has 0 aliphatic carbocycles. The Balaban J connectivity index is 2.40. The number of amides is 1. The molecule has 0 spiro atoms. The van der Waals surface area contributed by atoms with Crippen LogP contribution in [0.15, 0.2) is 42.5 Å². The molecular formula is C14H11Cl2FN2O. The maximum absolute atomic E-state index is 14.0. The third-order valence-electron chi connectivity index (χ3n) is 2.75. The molecule has 104 valence electrons. The standard InChI is InChI=1S/C14H11Cl2FN2O/c15-9-5-1-2-7-11(9)19-13(14(18)20)8-4-3-6-10(16)12(8)17/h1-7,13,19H,(H2,18,20). The largest absolute Gasteiger partial charge is 0.369 e. The predicted octanol–water partition coefficient (Wildman–Crippen LogP) is 3.77. The van der Waals surface area contributed by atoms with Crippen LogP contribution >= 0.6 is 23.2 Å². The fourth-order valence-electron chi connectivity index (χ4n) is 1.78. The predicted molar refractivity (Wildman–Crippen MR) is 78.4 cm³/mol. The maximum atomic E-state index is 14.0. The summed E-state index contributed by atoms with van der Waals surface area (Å²) in [5, 5.41) is 3.16. The maximum Gasteiger partial charge on any atom is 0.244 e. The fourth-order valence-corrected chi connectivity index (χ4v) is 2.15. The third-order valence-corrected chi connectivity index (χ3v) is 3.37. The zero-order valence-electron chi connectivity index (χ0n) is 10.2. The van der Waals surface area contributed by atoms with E-state index in [1.807, 2.05) is 0 Å². The van der Waals surface area contributed by atoms with Gasteiger partial charge in [-0.1, -0.05) is 47.5 Å². The smallest absolute Gasteiger partial charge is 0.244 e. The first-order valence-electron chi connectivity index (χ1n) is 5.75. The minimum atomic E-state index is -1.06. The van der Waals surface area contributed by atoms with Crippen LogP contribution in [-0.2, 0) is 4.79 Å². The van der Waals surface area contributed by atoms with Gasteiger partial charge in [0.25, 0.3) is 0 Å². The Kier molecular flexibility index (Phi) is 4.47. The topological polar surface area (TPSA) is 55.1 Å². The average Bonchev–Trinajstić information content (AvgIpc) is 2.41. The molecule has 1 atom stereocenters. The number of carbonyl (C=O) groups excluding carboxylic acids is 1. The molecule has 2 aromatic rings. The van der Waals surface area contributed by atoms with E-state index in [9.17, 15) is 9.18 Å². The number of hydrogen-bond donors (Lipinski definition) is 2. The molecule has 0 heterocycles. The van der Waals surface area contributed by atoms with Gasteiger partial charge < -0.3 is 11.1 Å². The number of nitrogens with one attached hydrogen (secondary N) is 1.